The van der Waals surface area contributed by atoms with Crippen LogP contribution in [0.15, 0.2) is 30.6 Å². The maximum Gasteiger partial charge on any atom is 0.127 e. The van der Waals surface area contributed by atoms with Crippen LogP contribution in [0, 0.1) is 6.92 Å². The van der Waals surface area contributed by atoms with Gasteiger partial charge in [-0.05, 0) is 36.1 Å². The Morgan fingerprint density at radius 3 is 2.81 bits per heavy atom. The molecule has 0 aliphatic carbocycles. The number of hydrogen-bond acceptors (Lipinski definition) is 4. The minimum absolute atomic E-state index is 0. The molecule has 26 heavy (non-hydrogen) atoms. The van der Waals surface area contributed by atoms with E-state index < -0.39 is 0 Å². The van der Waals surface area contributed by atoms with Gasteiger partial charge in [0.25, 0.3) is 0 Å². The molecule has 0 spiro atoms. The molecular formula is C20H31ClN4O. The molecule has 1 aromatic carbocycles. The zero-order valence-corrected chi connectivity index (χ0v) is 17.1. The molecule has 1 unspecified atom stereocenters. The molecule has 0 bridgehead atoms. The van der Waals surface area contributed by atoms with E-state index in [9.17, 15) is 0 Å². The Labute approximate surface area is 163 Å². The number of benzene rings is 1. The van der Waals surface area contributed by atoms with Crippen LogP contribution in [0.5, 0.6) is 5.75 Å². The molecule has 1 saturated heterocycles. The lowest BCUT2D eigenvalue weighted by Crippen LogP contribution is -2.48. The van der Waals surface area contributed by atoms with Crippen molar-refractivity contribution in [2.24, 2.45) is 7.05 Å². The molecule has 1 fully saturated rings. The molecule has 6 heteroatoms. The lowest BCUT2D eigenvalue weighted by molar-refractivity contribution is 0.127. The van der Waals surface area contributed by atoms with Crippen LogP contribution in [0.2, 0.25) is 0 Å². The van der Waals surface area contributed by atoms with Crippen LogP contribution in [0.3, 0.4) is 0 Å². The molecule has 2 heterocycles. The second kappa shape index (κ2) is 9.40. The van der Waals surface area contributed by atoms with E-state index in [1.807, 2.05) is 12.4 Å². The average molecular weight is 379 g/mol. The van der Waals surface area contributed by atoms with Crippen molar-refractivity contribution in [3.63, 3.8) is 0 Å². The number of ether oxygens (including phenoxy) is 1. The molecule has 1 N–H and O–H groups in total. The number of rotatable bonds is 6. The first kappa shape index (κ1) is 20.7. The third-order valence-corrected chi connectivity index (χ3v) is 5.02. The van der Waals surface area contributed by atoms with Gasteiger partial charge in [-0.15, -0.1) is 12.4 Å². The van der Waals surface area contributed by atoms with Gasteiger partial charge in [-0.2, -0.15) is 0 Å². The number of halogens is 1. The molecule has 5 nitrogen and oxygen atoms in total. The highest BCUT2D eigenvalue weighted by atomic mass is 35.5. The number of nitrogens with zero attached hydrogens (tertiary/aromatic N) is 3. The van der Waals surface area contributed by atoms with E-state index in [2.05, 4.69) is 65.8 Å². The van der Waals surface area contributed by atoms with Crippen LogP contribution in [-0.2, 0) is 7.05 Å². The molecule has 1 atom stereocenters. The number of imidazole rings is 1. The van der Waals surface area contributed by atoms with Crippen LogP contribution in [0.1, 0.15) is 42.8 Å². The van der Waals surface area contributed by atoms with Gasteiger partial charge in [0.05, 0.1) is 6.04 Å². The van der Waals surface area contributed by atoms with Gasteiger partial charge in [-0.25, -0.2) is 4.98 Å². The van der Waals surface area contributed by atoms with E-state index in [1.165, 1.54) is 11.1 Å². The van der Waals surface area contributed by atoms with Gasteiger partial charge in [0.2, 0.25) is 0 Å². The zero-order chi connectivity index (χ0) is 17.8. The molecule has 0 amide bonds. The first-order chi connectivity index (χ1) is 12.1. The summed E-state index contributed by atoms with van der Waals surface area (Å²) in [6.45, 7) is 11.2. The van der Waals surface area contributed by atoms with Crippen molar-refractivity contribution < 1.29 is 4.74 Å². The summed E-state index contributed by atoms with van der Waals surface area (Å²) in [5.41, 5.74) is 2.70. The molecule has 3 rings (SSSR count). The van der Waals surface area contributed by atoms with Crippen molar-refractivity contribution in [2.75, 3.05) is 32.8 Å². The summed E-state index contributed by atoms with van der Waals surface area (Å²) in [4.78, 5) is 7.00. The summed E-state index contributed by atoms with van der Waals surface area (Å²) in [5.74, 6) is 2.63. The van der Waals surface area contributed by atoms with E-state index in [0.29, 0.717) is 18.6 Å². The SMILES string of the molecule is Cc1cc(OCCN2CCNCC2c2nccn2C)ccc1C(C)C.Cl. The van der Waals surface area contributed by atoms with Crippen LogP contribution in [0.25, 0.3) is 0 Å². The number of aromatic nitrogens is 2. The van der Waals surface area contributed by atoms with Crippen LogP contribution < -0.4 is 10.1 Å². The maximum absolute atomic E-state index is 6.03. The van der Waals surface area contributed by atoms with E-state index in [-0.39, 0.29) is 12.4 Å². The number of piperazine rings is 1. The van der Waals surface area contributed by atoms with Crippen molar-refractivity contribution in [1.82, 2.24) is 19.8 Å². The molecule has 1 aromatic heterocycles. The first-order valence-electron chi connectivity index (χ1n) is 9.21. The highest BCUT2D eigenvalue weighted by Gasteiger charge is 2.26. The second-order valence-corrected chi connectivity index (χ2v) is 7.17. The van der Waals surface area contributed by atoms with Gasteiger partial charge in [-0.3, -0.25) is 4.90 Å². The molecule has 144 valence electrons. The molecule has 1 aliphatic heterocycles. The largest absolute Gasteiger partial charge is 0.492 e. The van der Waals surface area contributed by atoms with Crippen molar-refractivity contribution in [3.8, 4) is 5.75 Å². The summed E-state index contributed by atoms with van der Waals surface area (Å²) in [6, 6.07) is 6.75. The number of nitrogens with one attached hydrogen (secondary N) is 1. The van der Waals surface area contributed by atoms with Gasteiger partial charge in [0.1, 0.15) is 18.2 Å². The van der Waals surface area contributed by atoms with E-state index in [4.69, 9.17) is 4.74 Å². The lowest BCUT2D eigenvalue weighted by Gasteiger charge is -2.35. The summed E-state index contributed by atoms with van der Waals surface area (Å²) < 4.78 is 8.14. The monoisotopic (exact) mass is 378 g/mol. The molecule has 2 aromatic rings. The number of aryl methyl sites for hydroxylation is 2. The van der Waals surface area contributed by atoms with Gasteiger partial charge in [-0.1, -0.05) is 19.9 Å². The standard InChI is InChI=1S/C20H30N4O.ClH/c1-15(2)18-6-5-17(13-16(18)3)25-12-11-24-10-7-21-14-19(24)20-22-8-9-23(20)4;/h5-6,8-9,13,15,19,21H,7,10-12,14H2,1-4H3;1H. The molecular weight excluding hydrogens is 348 g/mol. The Hall–Kier alpha value is -1.56. The predicted octanol–water partition coefficient (Wildman–Crippen LogP) is 3.30. The summed E-state index contributed by atoms with van der Waals surface area (Å²) in [5, 5.41) is 3.48. The van der Waals surface area contributed by atoms with Crippen molar-refractivity contribution in [3.05, 3.63) is 47.5 Å². The summed E-state index contributed by atoms with van der Waals surface area (Å²) >= 11 is 0. The fraction of sp³-hybridized carbons (Fsp3) is 0.550. The van der Waals surface area contributed by atoms with Crippen molar-refractivity contribution in [2.45, 2.75) is 32.7 Å². The quantitative estimate of drug-likeness (QED) is 0.837. The van der Waals surface area contributed by atoms with E-state index in [1.54, 1.807) is 0 Å². The lowest BCUT2D eigenvalue weighted by atomic mass is 9.98. The zero-order valence-electron chi connectivity index (χ0n) is 16.2. The average Bonchev–Trinajstić information content (AvgIpc) is 3.01. The highest BCUT2D eigenvalue weighted by molar-refractivity contribution is 5.85. The van der Waals surface area contributed by atoms with Gasteiger partial charge >= 0.3 is 0 Å². The topological polar surface area (TPSA) is 42.3 Å². The fourth-order valence-corrected chi connectivity index (χ4v) is 3.63. The third-order valence-electron chi connectivity index (χ3n) is 5.02. The van der Waals surface area contributed by atoms with Gasteiger partial charge in [0, 0.05) is 45.6 Å². The first-order valence-corrected chi connectivity index (χ1v) is 9.21. The van der Waals surface area contributed by atoms with E-state index in [0.717, 1.165) is 37.8 Å². The smallest absolute Gasteiger partial charge is 0.127 e. The second-order valence-electron chi connectivity index (χ2n) is 7.17. The van der Waals surface area contributed by atoms with Crippen molar-refractivity contribution >= 4 is 12.4 Å². The van der Waals surface area contributed by atoms with Crippen LogP contribution >= 0.6 is 12.4 Å². The van der Waals surface area contributed by atoms with Crippen LogP contribution in [0.4, 0.5) is 0 Å². The molecule has 0 radical (unpaired) electrons. The Balaban J connectivity index is 0.00000243. The minimum atomic E-state index is 0. The van der Waals surface area contributed by atoms with Crippen LogP contribution in [-0.4, -0.2) is 47.2 Å². The van der Waals surface area contributed by atoms with Gasteiger partial charge < -0.3 is 14.6 Å². The van der Waals surface area contributed by atoms with Crippen molar-refractivity contribution in [1.29, 1.82) is 0 Å². The Bertz CT molecular complexity index is 701. The number of hydrogen-bond donors (Lipinski definition) is 1. The normalized spacial score (nSPS) is 18.0. The third kappa shape index (κ3) is 4.78. The fourth-order valence-electron chi connectivity index (χ4n) is 3.63. The Morgan fingerprint density at radius 1 is 1.35 bits per heavy atom. The summed E-state index contributed by atoms with van der Waals surface area (Å²) in [6.07, 6.45) is 3.88. The predicted molar refractivity (Wildman–Crippen MR) is 108 cm³/mol. The Kier molecular flexibility index (Phi) is 7.50. The minimum Gasteiger partial charge on any atom is -0.492 e. The summed E-state index contributed by atoms with van der Waals surface area (Å²) in [7, 11) is 2.06. The Morgan fingerprint density at radius 2 is 2.15 bits per heavy atom. The molecule has 0 saturated carbocycles. The maximum atomic E-state index is 6.03. The molecule has 1 aliphatic rings. The van der Waals surface area contributed by atoms with E-state index >= 15 is 0 Å². The highest BCUT2D eigenvalue weighted by Crippen LogP contribution is 2.24. The van der Waals surface area contributed by atoms with Gasteiger partial charge in [0.15, 0.2) is 0 Å².